The lowest BCUT2D eigenvalue weighted by Gasteiger charge is -1.72. The molecule has 6 nitrogen and oxygen atoms in total. The zero-order valence-corrected chi connectivity index (χ0v) is 5.11. The first-order chi connectivity index (χ1) is 3.42. The van der Waals surface area contributed by atoms with E-state index in [-0.39, 0.29) is 0 Å². The SMILES string of the molecule is NS(=O)(=O)N=S(=O)=O. The summed E-state index contributed by atoms with van der Waals surface area (Å²) in [6, 6.07) is 0. The Morgan fingerprint density at radius 1 is 1.38 bits per heavy atom. The van der Waals surface area contributed by atoms with E-state index < -0.39 is 20.7 Å². The molecule has 0 aliphatic heterocycles. The molecule has 0 heterocycles. The monoisotopic (exact) mass is 158 g/mol. The molecule has 8 heteroatoms. The van der Waals surface area contributed by atoms with Crippen molar-refractivity contribution in [3.8, 4) is 0 Å². The largest absolute Gasteiger partial charge is 0.331 e. The van der Waals surface area contributed by atoms with Crippen molar-refractivity contribution in [1.29, 1.82) is 0 Å². The lowest BCUT2D eigenvalue weighted by Crippen LogP contribution is -2.06. The second kappa shape index (κ2) is 2.20. The van der Waals surface area contributed by atoms with Crippen LogP contribution in [0.15, 0.2) is 3.77 Å². The maximum Gasteiger partial charge on any atom is 0.331 e. The van der Waals surface area contributed by atoms with Gasteiger partial charge in [-0.1, -0.05) is 0 Å². The Labute approximate surface area is 47.2 Å². The minimum absolute atomic E-state index is 2.08. The predicted molar refractivity (Wildman–Crippen MR) is 24.5 cm³/mol. The van der Waals surface area contributed by atoms with Gasteiger partial charge in [-0.3, -0.25) is 0 Å². The maximum atomic E-state index is 9.66. The van der Waals surface area contributed by atoms with Crippen LogP contribution in [0.25, 0.3) is 0 Å². The van der Waals surface area contributed by atoms with E-state index in [4.69, 9.17) is 0 Å². The Morgan fingerprint density at radius 3 is 1.75 bits per heavy atom. The van der Waals surface area contributed by atoms with Gasteiger partial charge in [0, 0.05) is 0 Å². The van der Waals surface area contributed by atoms with Crippen molar-refractivity contribution in [2.75, 3.05) is 0 Å². The van der Waals surface area contributed by atoms with Gasteiger partial charge in [-0.25, -0.2) is 5.14 Å². The van der Waals surface area contributed by atoms with E-state index in [1.807, 2.05) is 0 Å². The molecule has 0 amide bonds. The Balaban J connectivity index is 4.93. The Bertz CT molecular complexity index is 270. The van der Waals surface area contributed by atoms with Crippen LogP contribution in [-0.4, -0.2) is 16.8 Å². The fourth-order valence-corrected chi connectivity index (χ4v) is 0.763. The lowest BCUT2D eigenvalue weighted by molar-refractivity contribution is 0.597. The van der Waals surface area contributed by atoms with Crippen molar-refractivity contribution in [2.24, 2.45) is 8.91 Å². The van der Waals surface area contributed by atoms with Gasteiger partial charge in [-0.05, 0) is 3.77 Å². The molecule has 0 fully saturated rings. The molecule has 0 aliphatic carbocycles. The van der Waals surface area contributed by atoms with Crippen LogP contribution in [0.4, 0.5) is 0 Å². The lowest BCUT2D eigenvalue weighted by atomic mass is 13.9. The van der Waals surface area contributed by atoms with E-state index in [2.05, 4.69) is 8.91 Å². The highest BCUT2D eigenvalue weighted by molar-refractivity contribution is 7.92. The van der Waals surface area contributed by atoms with Crippen molar-refractivity contribution < 1.29 is 16.8 Å². The Hall–Kier alpha value is -0.470. The van der Waals surface area contributed by atoms with Crippen molar-refractivity contribution in [2.45, 2.75) is 0 Å². The summed E-state index contributed by atoms with van der Waals surface area (Å²) in [4.78, 5) is 0. The summed E-state index contributed by atoms with van der Waals surface area (Å²) in [7, 11) is -7.18. The van der Waals surface area contributed by atoms with Crippen LogP contribution >= 0.6 is 0 Å². The molecule has 0 unspecified atom stereocenters. The molecule has 0 aromatic heterocycles. The molecule has 0 spiro atoms. The first-order valence-corrected chi connectivity index (χ1v) is 3.80. The fourth-order valence-electron chi connectivity index (χ4n) is 0.0848. The third-order valence-electron chi connectivity index (χ3n) is 0.165. The smallest absolute Gasteiger partial charge is 0.209 e. The van der Waals surface area contributed by atoms with E-state index in [0.29, 0.717) is 0 Å². The molecule has 0 aliphatic rings. The number of rotatable bonds is 1. The van der Waals surface area contributed by atoms with E-state index in [1.54, 1.807) is 0 Å². The van der Waals surface area contributed by atoms with Crippen molar-refractivity contribution in [3.05, 3.63) is 0 Å². The van der Waals surface area contributed by atoms with E-state index in [1.165, 1.54) is 0 Å². The highest BCUT2D eigenvalue weighted by Gasteiger charge is 1.93. The molecule has 0 atom stereocenters. The molecule has 0 bridgehead atoms. The van der Waals surface area contributed by atoms with Gasteiger partial charge in [0.2, 0.25) is 0 Å². The van der Waals surface area contributed by atoms with Gasteiger partial charge in [0.25, 0.3) is 0 Å². The van der Waals surface area contributed by atoms with Crippen LogP contribution in [0.2, 0.25) is 0 Å². The van der Waals surface area contributed by atoms with Crippen LogP contribution in [0.3, 0.4) is 0 Å². The molecule has 8 heavy (non-hydrogen) atoms. The van der Waals surface area contributed by atoms with Gasteiger partial charge in [-0.2, -0.15) is 16.8 Å². The first kappa shape index (κ1) is 7.53. The third kappa shape index (κ3) is 5.53. The van der Waals surface area contributed by atoms with Crippen LogP contribution < -0.4 is 5.14 Å². The van der Waals surface area contributed by atoms with Gasteiger partial charge >= 0.3 is 20.7 Å². The molecule has 48 valence electrons. The maximum absolute atomic E-state index is 9.66. The summed E-state index contributed by atoms with van der Waals surface area (Å²) in [6.45, 7) is 0. The highest BCUT2D eigenvalue weighted by atomic mass is 32.3. The zero-order chi connectivity index (χ0) is 6.78. The van der Waals surface area contributed by atoms with Gasteiger partial charge < -0.3 is 0 Å². The quantitative estimate of drug-likeness (QED) is 0.488. The molecule has 0 rings (SSSR count). The average molecular weight is 158 g/mol. The topological polar surface area (TPSA) is 107 Å². The standard InChI is InChI=1S/H2N2O4S2/c1-8(5,6)2-7(3)4/h(H2,1,5,6). The minimum Gasteiger partial charge on any atom is -0.209 e. The fraction of sp³-hybridized carbons (Fsp3) is 0. The second-order valence-electron chi connectivity index (χ2n) is 0.807. The van der Waals surface area contributed by atoms with E-state index in [9.17, 15) is 16.8 Å². The summed E-state index contributed by atoms with van der Waals surface area (Å²) in [5.41, 5.74) is 0. The van der Waals surface area contributed by atoms with E-state index >= 15 is 0 Å². The number of nitrogens with zero attached hydrogens (tertiary/aromatic N) is 1. The van der Waals surface area contributed by atoms with E-state index in [0.717, 1.165) is 0 Å². The summed E-state index contributed by atoms with van der Waals surface area (Å²) in [5.74, 6) is 0. The molecule has 0 radical (unpaired) electrons. The molecule has 0 aromatic carbocycles. The predicted octanol–water partition coefficient (Wildman–Crippen LogP) is -1.75. The number of nitrogens with two attached hydrogens (primary N) is 1. The zero-order valence-electron chi connectivity index (χ0n) is 3.47. The molecular weight excluding hydrogens is 156 g/mol. The van der Waals surface area contributed by atoms with Gasteiger partial charge in [-0.15, -0.1) is 0 Å². The van der Waals surface area contributed by atoms with Crippen LogP contribution in [-0.2, 0) is 20.7 Å². The van der Waals surface area contributed by atoms with Crippen molar-refractivity contribution in [3.63, 3.8) is 0 Å². The van der Waals surface area contributed by atoms with Gasteiger partial charge in [0.1, 0.15) is 0 Å². The Kier molecular flexibility index (Phi) is 2.07. The minimum atomic E-state index is -4.21. The van der Waals surface area contributed by atoms with Gasteiger partial charge in [0.05, 0.1) is 0 Å². The molecule has 2 N–H and O–H groups in total. The number of hydrogen-bond acceptors (Lipinski definition) is 4. The molecular formula is H2N2O4S2. The normalized spacial score (nSPS) is 10.6. The summed E-state index contributed by atoms with van der Waals surface area (Å²) < 4.78 is 40.2. The third-order valence-corrected chi connectivity index (χ3v) is 1.48. The highest BCUT2D eigenvalue weighted by Crippen LogP contribution is 1.73. The van der Waals surface area contributed by atoms with Crippen LogP contribution in [0.5, 0.6) is 0 Å². The average Bonchev–Trinajstić information content (AvgIpc) is 1.21. The second-order valence-corrected chi connectivity index (χ2v) is 2.87. The molecule has 0 saturated carbocycles. The molecule has 0 aromatic rings. The first-order valence-electron chi connectivity index (χ1n) is 1.27. The molecule has 0 saturated heterocycles. The van der Waals surface area contributed by atoms with Crippen molar-refractivity contribution >= 4 is 20.7 Å². The van der Waals surface area contributed by atoms with Crippen molar-refractivity contribution in [1.82, 2.24) is 0 Å². The summed E-state index contributed by atoms with van der Waals surface area (Å²) in [5, 5.41) is 4.15. The van der Waals surface area contributed by atoms with Gasteiger partial charge in [0.15, 0.2) is 0 Å². The number of hydrogen-bond donors (Lipinski definition) is 1. The van der Waals surface area contributed by atoms with Crippen LogP contribution in [0.1, 0.15) is 0 Å². The summed E-state index contributed by atoms with van der Waals surface area (Å²) >= 11 is 0. The summed E-state index contributed by atoms with van der Waals surface area (Å²) in [6.07, 6.45) is 0. The van der Waals surface area contributed by atoms with Crippen LogP contribution in [0, 0.1) is 0 Å². The Morgan fingerprint density at radius 2 is 1.75 bits per heavy atom.